The van der Waals surface area contributed by atoms with Gasteiger partial charge in [0.2, 0.25) is 0 Å². The smallest absolute Gasteiger partial charge is 0.0468 e. The fraction of sp³-hybridized carbons (Fsp3) is 1.00. The summed E-state index contributed by atoms with van der Waals surface area (Å²) in [5, 5.41) is 11.4. The minimum Gasteiger partial charge on any atom is -0.396 e. The van der Waals surface area contributed by atoms with Crippen molar-refractivity contribution in [3.8, 4) is 0 Å². The average molecular weight is 103 g/mol. The van der Waals surface area contributed by atoms with Crippen LogP contribution in [0.15, 0.2) is 0 Å². The Hall–Kier alpha value is -0.0800. The van der Waals surface area contributed by atoms with Crippen LogP contribution in [0.25, 0.3) is 0 Å². The maximum Gasteiger partial charge on any atom is 0.0468 e. The summed E-state index contributed by atoms with van der Waals surface area (Å²) in [7, 11) is 1.88. The van der Waals surface area contributed by atoms with E-state index in [-0.39, 0.29) is 6.61 Å². The van der Waals surface area contributed by atoms with Gasteiger partial charge < -0.3 is 10.4 Å². The monoisotopic (exact) mass is 103 g/mol. The van der Waals surface area contributed by atoms with Gasteiger partial charge in [-0.05, 0) is 19.5 Å². The molecule has 1 atom stereocenters. The van der Waals surface area contributed by atoms with Gasteiger partial charge in [-0.1, -0.05) is 6.92 Å². The number of hydrogen-bond donors (Lipinski definition) is 2. The van der Waals surface area contributed by atoms with Gasteiger partial charge in [0.15, 0.2) is 0 Å². The molecule has 0 aromatic carbocycles. The summed E-state index contributed by atoms with van der Waals surface area (Å²) in [5.74, 6) is 0.394. The first-order valence-electron chi connectivity index (χ1n) is 2.56. The van der Waals surface area contributed by atoms with E-state index in [2.05, 4.69) is 5.32 Å². The minimum atomic E-state index is 0.279. The first-order valence-corrected chi connectivity index (χ1v) is 2.56. The van der Waals surface area contributed by atoms with Gasteiger partial charge in [0.25, 0.3) is 0 Å². The topological polar surface area (TPSA) is 32.3 Å². The fourth-order valence-electron chi connectivity index (χ4n) is 0.413. The highest BCUT2D eigenvalue weighted by Gasteiger charge is 1.93. The molecule has 0 saturated carbocycles. The Labute approximate surface area is 44.5 Å². The average Bonchev–Trinajstić information content (AvgIpc) is 1.68. The summed E-state index contributed by atoms with van der Waals surface area (Å²) in [5.41, 5.74) is 0. The number of rotatable bonds is 3. The molecule has 0 heterocycles. The van der Waals surface area contributed by atoms with Crippen molar-refractivity contribution in [1.82, 2.24) is 5.32 Å². The molecule has 0 aromatic heterocycles. The molecule has 2 nitrogen and oxygen atoms in total. The van der Waals surface area contributed by atoms with Gasteiger partial charge in [0, 0.05) is 6.61 Å². The SMILES string of the molecule is CNC[C@@H](C)CO. The molecule has 0 bridgehead atoms. The maximum absolute atomic E-state index is 8.43. The Morgan fingerprint density at radius 3 is 2.43 bits per heavy atom. The molecule has 0 saturated heterocycles. The van der Waals surface area contributed by atoms with Crippen LogP contribution in [0.4, 0.5) is 0 Å². The van der Waals surface area contributed by atoms with Crippen LogP contribution in [0.1, 0.15) is 6.92 Å². The maximum atomic E-state index is 8.43. The van der Waals surface area contributed by atoms with Gasteiger partial charge in [-0.3, -0.25) is 0 Å². The molecule has 0 aliphatic rings. The minimum absolute atomic E-state index is 0.279. The molecule has 0 aromatic rings. The van der Waals surface area contributed by atoms with Crippen LogP contribution in [0.3, 0.4) is 0 Å². The lowest BCUT2D eigenvalue weighted by Crippen LogP contribution is -2.18. The quantitative estimate of drug-likeness (QED) is 0.520. The first-order chi connectivity index (χ1) is 3.31. The molecule has 2 N–H and O–H groups in total. The second-order valence-electron chi connectivity index (χ2n) is 1.85. The Morgan fingerprint density at radius 1 is 1.71 bits per heavy atom. The molecule has 0 amide bonds. The van der Waals surface area contributed by atoms with E-state index in [4.69, 9.17) is 5.11 Å². The van der Waals surface area contributed by atoms with Crippen molar-refractivity contribution in [1.29, 1.82) is 0 Å². The largest absolute Gasteiger partial charge is 0.396 e. The highest BCUT2D eigenvalue weighted by atomic mass is 16.3. The Kier molecular flexibility index (Phi) is 4.04. The molecule has 44 valence electrons. The number of aliphatic hydroxyl groups excluding tert-OH is 1. The first kappa shape index (κ1) is 6.92. The second-order valence-corrected chi connectivity index (χ2v) is 1.85. The summed E-state index contributed by atoms with van der Waals surface area (Å²) < 4.78 is 0. The van der Waals surface area contributed by atoms with E-state index in [0.717, 1.165) is 6.54 Å². The Balaban J connectivity index is 2.83. The molecule has 0 radical (unpaired) electrons. The summed E-state index contributed by atoms with van der Waals surface area (Å²) in [6, 6.07) is 0. The molecule has 7 heavy (non-hydrogen) atoms. The zero-order valence-corrected chi connectivity index (χ0v) is 4.94. The van der Waals surface area contributed by atoms with E-state index < -0.39 is 0 Å². The molecular formula is C5H13NO. The van der Waals surface area contributed by atoms with Gasteiger partial charge in [-0.25, -0.2) is 0 Å². The third kappa shape index (κ3) is 3.76. The van der Waals surface area contributed by atoms with Crippen molar-refractivity contribution in [3.63, 3.8) is 0 Å². The molecule has 0 aliphatic carbocycles. The summed E-state index contributed by atoms with van der Waals surface area (Å²) >= 11 is 0. The van der Waals surface area contributed by atoms with Gasteiger partial charge in [-0.15, -0.1) is 0 Å². The van der Waals surface area contributed by atoms with E-state index in [1.165, 1.54) is 0 Å². The molecular weight excluding hydrogens is 90.1 g/mol. The number of hydrogen-bond acceptors (Lipinski definition) is 2. The normalized spacial score (nSPS) is 14.1. The Bertz CT molecular complexity index is 39.1. The van der Waals surface area contributed by atoms with Crippen molar-refractivity contribution in [2.24, 2.45) is 5.92 Å². The van der Waals surface area contributed by atoms with Gasteiger partial charge in [0.1, 0.15) is 0 Å². The number of nitrogens with one attached hydrogen (secondary N) is 1. The predicted molar refractivity (Wildman–Crippen MR) is 30.2 cm³/mol. The van der Waals surface area contributed by atoms with Crippen LogP contribution in [0, 0.1) is 5.92 Å². The van der Waals surface area contributed by atoms with Crippen molar-refractivity contribution < 1.29 is 5.11 Å². The van der Waals surface area contributed by atoms with E-state index in [1.807, 2.05) is 14.0 Å². The van der Waals surface area contributed by atoms with E-state index in [9.17, 15) is 0 Å². The van der Waals surface area contributed by atoms with Crippen LogP contribution in [-0.2, 0) is 0 Å². The zero-order chi connectivity index (χ0) is 5.70. The predicted octanol–water partition coefficient (Wildman–Crippen LogP) is -0.166. The van der Waals surface area contributed by atoms with Crippen LogP contribution in [-0.4, -0.2) is 25.3 Å². The summed E-state index contributed by atoms with van der Waals surface area (Å²) in [4.78, 5) is 0. The third-order valence-corrected chi connectivity index (χ3v) is 0.864. The molecule has 0 unspecified atom stereocenters. The van der Waals surface area contributed by atoms with Crippen LogP contribution < -0.4 is 5.32 Å². The van der Waals surface area contributed by atoms with Crippen molar-refractivity contribution in [3.05, 3.63) is 0 Å². The van der Waals surface area contributed by atoms with Gasteiger partial charge >= 0.3 is 0 Å². The fourth-order valence-corrected chi connectivity index (χ4v) is 0.413. The standard InChI is InChI=1S/C5H13NO/c1-5(4-7)3-6-2/h5-7H,3-4H2,1-2H3/t5-/m1/s1. The summed E-state index contributed by atoms with van der Waals surface area (Å²) in [6.45, 7) is 3.17. The van der Waals surface area contributed by atoms with Gasteiger partial charge in [-0.2, -0.15) is 0 Å². The molecule has 0 aliphatic heterocycles. The molecule has 0 fully saturated rings. The lowest BCUT2D eigenvalue weighted by Gasteiger charge is -2.03. The lowest BCUT2D eigenvalue weighted by molar-refractivity contribution is 0.236. The molecule has 2 heteroatoms. The van der Waals surface area contributed by atoms with Crippen molar-refractivity contribution >= 4 is 0 Å². The van der Waals surface area contributed by atoms with E-state index >= 15 is 0 Å². The second kappa shape index (κ2) is 4.09. The molecule has 0 rings (SSSR count). The molecule has 0 spiro atoms. The van der Waals surface area contributed by atoms with Crippen molar-refractivity contribution in [2.45, 2.75) is 6.92 Å². The van der Waals surface area contributed by atoms with Crippen LogP contribution in [0.2, 0.25) is 0 Å². The Morgan fingerprint density at radius 2 is 2.29 bits per heavy atom. The third-order valence-electron chi connectivity index (χ3n) is 0.864. The lowest BCUT2D eigenvalue weighted by atomic mass is 10.2. The highest BCUT2D eigenvalue weighted by molar-refractivity contribution is 4.49. The van der Waals surface area contributed by atoms with Crippen LogP contribution >= 0.6 is 0 Å². The summed E-state index contributed by atoms with van der Waals surface area (Å²) in [6.07, 6.45) is 0. The highest BCUT2D eigenvalue weighted by Crippen LogP contribution is 1.85. The van der Waals surface area contributed by atoms with Crippen LogP contribution in [0.5, 0.6) is 0 Å². The van der Waals surface area contributed by atoms with Gasteiger partial charge in [0.05, 0.1) is 0 Å². The van der Waals surface area contributed by atoms with E-state index in [1.54, 1.807) is 0 Å². The number of aliphatic hydroxyl groups is 1. The van der Waals surface area contributed by atoms with E-state index in [0.29, 0.717) is 5.92 Å². The zero-order valence-electron chi connectivity index (χ0n) is 4.94. The van der Waals surface area contributed by atoms with Crippen molar-refractivity contribution in [2.75, 3.05) is 20.2 Å².